The van der Waals surface area contributed by atoms with Gasteiger partial charge in [-0.25, -0.2) is 0 Å². The lowest BCUT2D eigenvalue weighted by atomic mass is 10.1. The van der Waals surface area contributed by atoms with Gasteiger partial charge in [0.1, 0.15) is 5.75 Å². The number of methoxy groups -OCH3 is 1. The van der Waals surface area contributed by atoms with Gasteiger partial charge in [0.15, 0.2) is 0 Å². The van der Waals surface area contributed by atoms with Gasteiger partial charge in [-0.3, -0.25) is 4.79 Å². The normalized spacial score (nSPS) is 14.1. The third-order valence-electron chi connectivity index (χ3n) is 2.37. The summed E-state index contributed by atoms with van der Waals surface area (Å²) in [6.45, 7) is 0.763. The molecule has 0 aliphatic carbocycles. The number of nitrogens with zero attached hydrogens (tertiary/aromatic N) is 1. The molecule has 0 fully saturated rings. The van der Waals surface area contributed by atoms with Crippen LogP contribution in [0.4, 0.5) is 5.69 Å². The van der Waals surface area contributed by atoms with Gasteiger partial charge in [-0.05, 0) is 18.6 Å². The number of amides is 1. The molecule has 0 saturated heterocycles. The maximum absolute atomic E-state index is 10.7. The molecule has 0 bridgehead atoms. The number of hydrogen-bond donors (Lipinski definition) is 0. The molecule has 1 amide bonds. The highest BCUT2D eigenvalue weighted by Crippen LogP contribution is 2.33. The molecule has 1 aliphatic rings. The van der Waals surface area contributed by atoms with Crippen molar-refractivity contribution in [2.75, 3.05) is 18.6 Å². The number of carbonyl (C=O) groups is 1. The van der Waals surface area contributed by atoms with E-state index >= 15 is 0 Å². The summed E-state index contributed by atoms with van der Waals surface area (Å²) < 4.78 is 5.21. The Morgan fingerprint density at radius 2 is 2.38 bits per heavy atom. The molecule has 0 aromatic heterocycles. The molecule has 1 aliphatic heterocycles. The van der Waals surface area contributed by atoms with Crippen LogP contribution in [0.25, 0.3) is 0 Å². The smallest absolute Gasteiger partial charge is 0.214 e. The maximum atomic E-state index is 10.7. The second-order valence-corrected chi connectivity index (χ2v) is 3.01. The number of fused-ring (bicyclic) bond motifs is 1. The molecule has 0 unspecified atom stereocenters. The van der Waals surface area contributed by atoms with Crippen molar-refractivity contribution in [2.24, 2.45) is 0 Å². The van der Waals surface area contributed by atoms with Crippen LogP contribution in [0.2, 0.25) is 0 Å². The molecule has 13 heavy (non-hydrogen) atoms. The molecule has 3 heteroatoms. The van der Waals surface area contributed by atoms with E-state index in [0.717, 1.165) is 36.4 Å². The van der Waals surface area contributed by atoms with E-state index in [-0.39, 0.29) is 0 Å². The monoisotopic (exact) mass is 177 g/mol. The predicted molar refractivity (Wildman–Crippen MR) is 50.1 cm³/mol. The van der Waals surface area contributed by atoms with Gasteiger partial charge in [-0.15, -0.1) is 0 Å². The highest BCUT2D eigenvalue weighted by molar-refractivity contribution is 5.81. The average Bonchev–Trinajstić information content (AvgIpc) is 2.60. The summed E-state index contributed by atoms with van der Waals surface area (Å²) in [4.78, 5) is 12.4. The zero-order valence-electron chi connectivity index (χ0n) is 7.49. The molecule has 1 aromatic carbocycles. The quantitative estimate of drug-likeness (QED) is 0.635. The highest BCUT2D eigenvalue weighted by Gasteiger charge is 2.20. The lowest BCUT2D eigenvalue weighted by Gasteiger charge is -2.10. The average molecular weight is 177 g/mol. The Bertz CT molecular complexity index is 336. The molecular weight excluding hydrogens is 166 g/mol. The van der Waals surface area contributed by atoms with Gasteiger partial charge in [0.2, 0.25) is 6.41 Å². The predicted octanol–water partition coefficient (Wildman–Crippen LogP) is 1.21. The first kappa shape index (κ1) is 8.10. The molecule has 0 spiro atoms. The maximum Gasteiger partial charge on any atom is 0.214 e. The first-order valence-corrected chi connectivity index (χ1v) is 4.24. The zero-order chi connectivity index (χ0) is 9.26. The van der Waals surface area contributed by atoms with E-state index in [1.807, 2.05) is 18.2 Å². The number of carbonyl (C=O) groups excluding carboxylic acids is 1. The Morgan fingerprint density at radius 1 is 1.54 bits per heavy atom. The Hall–Kier alpha value is -1.51. The van der Waals surface area contributed by atoms with Crippen LogP contribution in [0.15, 0.2) is 18.2 Å². The summed E-state index contributed by atoms with van der Waals surface area (Å²) in [6, 6.07) is 5.77. The van der Waals surface area contributed by atoms with Crippen molar-refractivity contribution in [3.8, 4) is 5.75 Å². The number of benzene rings is 1. The SMILES string of the molecule is COc1cccc2c1CCN2C=O. The number of hydrogen-bond acceptors (Lipinski definition) is 2. The van der Waals surface area contributed by atoms with Crippen LogP contribution in [-0.2, 0) is 11.2 Å². The fourth-order valence-electron chi connectivity index (χ4n) is 1.73. The lowest BCUT2D eigenvalue weighted by molar-refractivity contribution is -0.107. The van der Waals surface area contributed by atoms with E-state index in [9.17, 15) is 4.79 Å². The fraction of sp³-hybridized carbons (Fsp3) is 0.300. The van der Waals surface area contributed by atoms with Crippen LogP contribution in [0.5, 0.6) is 5.75 Å². The molecule has 0 N–H and O–H groups in total. The summed E-state index contributed by atoms with van der Waals surface area (Å²) in [6.07, 6.45) is 1.75. The molecule has 2 rings (SSSR count). The van der Waals surface area contributed by atoms with Crippen molar-refractivity contribution in [1.82, 2.24) is 0 Å². The summed E-state index contributed by atoms with van der Waals surface area (Å²) in [5, 5.41) is 0. The second kappa shape index (κ2) is 3.09. The van der Waals surface area contributed by atoms with E-state index in [4.69, 9.17) is 4.74 Å². The van der Waals surface area contributed by atoms with Gasteiger partial charge < -0.3 is 9.64 Å². The van der Waals surface area contributed by atoms with Gasteiger partial charge in [0.25, 0.3) is 0 Å². The van der Waals surface area contributed by atoms with Crippen LogP contribution in [-0.4, -0.2) is 20.1 Å². The summed E-state index contributed by atoms with van der Waals surface area (Å²) in [7, 11) is 1.65. The Morgan fingerprint density at radius 3 is 3.08 bits per heavy atom. The van der Waals surface area contributed by atoms with Crippen molar-refractivity contribution in [2.45, 2.75) is 6.42 Å². The van der Waals surface area contributed by atoms with E-state index in [1.54, 1.807) is 12.0 Å². The van der Waals surface area contributed by atoms with Crippen molar-refractivity contribution < 1.29 is 9.53 Å². The third-order valence-corrected chi connectivity index (χ3v) is 2.37. The Labute approximate surface area is 76.9 Å². The van der Waals surface area contributed by atoms with Gasteiger partial charge in [-0.2, -0.15) is 0 Å². The van der Waals surface area contributed by atoms with E-state index < -0.39 is 0 Å². The van der Waals surface area contributed by atoms with Crippen LogP contribution in [0.1, 0.15) is 5.56 Å². The van der Waals surface area contributed by atoms with E-state index in [1.165, 1.54) is 0 Å². The molecule has 1 heterocycles. The van der Waals surface area contributed by atoms with Crippen molar-refractivity contribution in [1.29, 1.82) is 0 Å². The largest absolute Gasteiger partial charge is 0.496 e. The molecule has 0 radical (unpaired) electrons. The van der Waals surface area contributed by atoms with Crippen molar-refractivity contribution in [3.05, 3.63) is 23.8 Å². The van der Waals surface area contributed by atoms with Crippen LogP contribution < -0.4 is 9.64 Å². The topological polar surface area (TPSA) is 29.5 Å². The Balaban J connectivity index is 2.48. The number of ether oxygens (including phenoxy) is 1. The summed E-state index contributed by atoms with van der Waals surface area (Å²) in [5.41, 5.74) is 2.12. The fourth-order valence-corrected chi connectivity index (χ4v) is 1.73. The minimum absolute atomic E-state index is 0.763. The Kier molecular flexibility index (Phi) is 1.93. The number of anilines is 1. The number of rotatable bonds is 2. The van der Waals surface area contributed by atoms with Crippen LogP contribution >= 0.6 is 0 Å². The van der Waals surface area contributed by atoms with E-state index in [2.05, 4.69) is 0 Å². The van der Waals surface area contributed by atoms with E-state index in [0.29, 0.717) is 0 Å². The van der Waals surface area contributed by atoms with Crippen molar-refractivity contribution in [3.63, 3.8) is 0 Å². The molecule has 0 atom stereocenters. The van der Waals surface area contributed by atoms with Gasteiger partial charge in [0.05, 0.1) is 12.8 Å². The molecule has 3 nitrogen and oxygen atoms in total. The summed E-state index contributed by atoms with van der Waals surface area (Å²) in [5.74, 6) is 0.877. The minimum Gasteiger partial charge on any atom is -0.496 e. The first-order valence-electron chi connectivity index (χ1n) is 4.24. The third kappa shape index (κ3) is 1.16. The highest BCUT2D eigenvalue weighted by atomic mass is 16.5. The summed E-state index contributed by atoms with van der Waals surface area (Å²) >= 11 is 0. The molecular formula is C10H11NO2. The first-order chi connectivity index (χ1) is 6.36. The van der Waals surface area contributed by atoms with Crippen LogP contribution in [0, 0.1) is 0 Å². The molecule has 1 aromatic rings. The van der Waals surface area contributed by atoms with Crippen molar-refractivity contribution >= 4 is 12.1 Å². The van der Waals surface area contributed by atoms with Gasteiger partial charge in [0, 0.05) is 12.1 Å². The van der Waals surface area contributed by atoms with Gasteiger partial charge >= 0.3 is 0 Å². The second-order valence-electron chi connectivity index (χ2n) is 3.01. The minimum atomic E-state index is 0.763. The lowest BCUT2D eigenvalue weighted by Crippen LogP contribution is -2.16. The van der Waals surface area contributed by atoms with Crippen LogP contribution in [0.3, 0.4) is 0 Å². The van der Waals surface area contributed by atoms with Gasteiger partial charge in [-0.1, -0.05) is 6.07 Å². The molecule has 0 saturated carbocycles. The standard InChI is InChI=1S/C10H11NO2/c1-13-10-4-2-3-9-8(10)5-6-11(9)7-12/h2-4,7H,5-6H2,1H3. The zero-order valence-corrected chi connectivity index (χ0v) is 7.49. The molecule has 68 valence electrons.